The Morgan fingerprint density at radius 2 is 2.03 bits per heavy atom. The molecule has 1 fully saturated rings. The fourth-order valence-electron chi connectivity index (χ4n) is 3.69. The largest absolute Gasteiger partial charge is 0.497 e. The number of nitrogens with one attached hydrogen (secondary N) is 2. The number of nitrogens with zero attached hydrogens (tertiary/aromatic N) is 1. The van der Waals surface area contributed by atoms with Crippen LogP contribution in [0.1, 0.15) is 30.0 Å². The van der Waals surface area contributed by atoms with Crippen LogP contribution in [0.3, 0.4) is 0 Å². The second-order valence-corrected chi connectivity index (χ2v) is 7.67. The Morgan fingerprint density at radius 3 is 2.84 bits per heavy atom. The summed E-state index contributed by atoms with van der Waals surface area (Å²) < 4.78 is 11.4. The highest BCUT2D eigenvalue weighted by Crippen LogP contribution is 2.39. The summed E-state index contributed by atoms with van der Waals surface area (Å²) in [6.45, 7) is 0. The lowest BCUT2D eigenvalue weighted by atomic mass is 10.0. The molecule has 0 saturated heterocycles. The fourth-order valence-corrected chi connectivity index (χ4v) is 3.69. The number of anilines is 1. The molecule has 0 aliphatic heterocycles. The monoisotopic (exact) mass is 415 g/mol. The highest BCUT2D eigenvalue weighted by atomic mass is 16.5. The Hall–Kier alpha value is -3.87. The topological polar surface area (TPSA) is 97.2 Å². The Morgan fingerprint density at radius 1 is 1.19 bits per heavy atom. The van der Waals surface area contributed by atoms with E-state index in [4.69, 9.17) is 9.15 Å². The Kier molecular flexibility index (Phi) is 4.78. The summed E-state index contributed by atoms with van der Waals surface area (Å²) in [6, 6.07) is 16.1. The molecule has 0 unspecified atom stereocenters. The number of benzene rings is 2. The molecule has 1 saturated carbocycles. The molecule has 0 radical (unpaired) electrons. The Labute approximate surface area is 178 Å². The lowest BCUT2D eigenvalue weighted by molar-refractivity contribution is -0.115. The first-order valence-corrected chi connectivity index (χ1v) is 10.2. The highest BCUT2D eigenvalue weighted by Gasteiger charge is 2.26. The zero-order valence-electron chi connectivity index (χ0n) is 17.0. The zero-order valence-corrected chi connectivity index (χ0v) is 17.0. The number of carbonyl (C=O) groups excluding carboxylic acids is 1. The van der Waals surface area contributed by atoms with Crippen molar-refractivity contribution < 1.29 is 13.9 Å². The predicted molar refractivity (Wildman–Crippen MR) is 117 cm³/mol. The molecule has 0 spiro atoms. The SMILES string of the molecule is COc1cccc(-c2oc3ccccc3c(=O)c2CC(=O)Nc2cc(C3CC3)[nH]n2)c1. The average Bonchev–Trinajstić information content (AvgIpc) is 3.54. The molecule has 4 aromatic rings. The van der Waals surface area contributed by atoms with Gasteiger partial charge in [0.15, 0.2) is 11.2 Å². The third-order valence-electron chi connectivity index (χ3n) is 5.44. The molecule has 1 aliphatic carbocycles. The van der Waals surface area contributed by atoms with Gasteiger partial charge in [-0.05, 0) is 37.1 Å². The fraction of sp³-hybridized carbons (Fsp3) is 0.208. The van der Waals surface area contributed by atoms with Crippen LogP contribution < -0.4 is 15.5 Å². The summed E-state index contributed by atoms with van der Waals surface area (Å²) in [5, 5.41) is 10.3. The molecule has 31 heavy (non-hydrogen) atoms. The maximum absolute atomic E-state index is 13.3. The van der Waals surface area contributed by atoms with Crippen LogP contribution in [-0.2, 0) is 11.2 Å². The lowest BCUT2D eigenvalue weighted by Crippen LogP contribution is -2.21. The number of ether oxygens (including phenoxy) is 1. The molecule has 1 amide bonds. The molecule has 156 valence electrons. The van der Waals surface area contributed by atoms with E-state index in [2.05, 4.69) is 15.5 Å². The second kappa shape index (κ2) is 7.75. The van der Waals surface area contributed by atoms with Gasteiger partial charge in [0.05, 0.1) is 24.5 Å². The summed E-state index contributed by atoms with van der Waals surface area (Å²) in [6.07, 6.45) is 2.14. The first-order valence-electron chi connectivity index (χ1n) is 10.2. The van der Waals surface area contributed by atoms with Gasteiger partial charge in [-0.1, -0.05) is 24.3 Å². The van der Waals surface area contributed by atoms with Crippen molar-refractivity contribution in [1.82, 2.24) is 10.2 Å². The summed E-state index contributed by atoms with van der Waals surface area (Å²) in [4.78, 5) is 26.1. The van der Waals surface area contributed by atoms with Crippen LogP contribution in [0.5, 0.6) is 5.75 Å². The molecule has 5 rings (SSSR count). The summed E-state index contributed by atoms with van der Waals surface area (Å²) in [5.41, 5.74) is 2.23. The van der Waals surface area contributed by atoms with E-state index in [1.54, 1.807) is 31.4 Å². The van der Waals surface area contributed by atoms with Gasteiger partial charge in [0.25, 0.3) is 0 Å². The molecule has 2 aromatic carbocycles. The number of H-pyrrole nitrogens is 1. The van der Waals surface area contributed by atoms with E-state index in [1.807, 2.05) is 30.3 Å². The van der Waals surface area contributed by atoms with E-state index in [0.717, 1.165) is 18.5 Å². The number of fused-ring (bicyclic) bond motifs is 1. The van der Waals surface area contributed by atoms with Gasteiger partial charge in [-0.15, -0.1) is 0 Å². The van der Waals surface area contributed by atoms with E-state index in [1.165, 1.54) is 0 Å². The van der Waals surface area contributed by atoms with Crippen molar-refractivity contribution in [3.05, 3.63) is 76.1 Å². The van der Waals surface area contributed by atoms with Crippen molar-refractivity contribution in [3.63, 3.8) is 0 Å². The Bertz CT molecular complexity index is 1330. The quantitative estimate of drug-likeness (QED) is 0.491. The normalized spacial score (nSPS) is 13.3. The molecule has 7 heteroatoms. The lowest BCUT2D eigenvalue weighted by Gasteiger charge is -2.11. The van der Waals surface area contributed by atoms with Gasteiger partial charge in [0.2, 0.25) is 5.91 Å². The number of rotatable bonds is 6. The van der Waals surface area contributed by atoms with Crippen LogP contribution in [0.15, 0.2) is 63.8 Å². The number of hydrogen-bond acceptors (Lipinski definition) is 5. The molecular weight excluding hydrogens is 394 g/mol. The van der Waals surface area contributed by atoms with E-state index >= 15 is 0 Å². The molecule has 0 atom stereocenters. The molecule has 1 aliphatic rings. The van der Waals surface area contributed by atoms with Crippen molar-refractivity contribution in [1.29, 1.82) is 0 Å². The van der Waals surface area contributed by atoms with Crippen LogP contribution in [0.25, 0.3) is 22.3 Å². The van der Waals surface area contributed by atoms with Crippen molar-refractivity contribution in [3.8, 4) is 17.1 Å². The molecule has 2 heterocycles. The molecule has 2 N–H and O–H groups in total. The van der Waals surface area contributed by atoms with Gasteiger partial charge in [-0.3, -0.25) is 14.7 Å². The molecule has 7 nitrogen and oxygen atoms in total. The van der Waals surface area contributed by atoms with E-state index < -0.39 is 0 Å². The van der Waals surface area contributed by atoms with Crippen LogP contribution in [0, 0.1) is 0 Å². The van der Waals surface area contributed by atoms with Gasteiger partial charge in [-0.2, -0.15) is 5.10 Å². The minimum atomic E-state index is -0.333. The van der Waals surface area contributed by atoms with Crippen molar-refractivity contribution >= 4 is 22.7 Å². The minimum Gasteiger partial charge on any atom is -0.497 e. The zero-order chi connectivity index (χ0) is 21.4. The third kappa shape index (κ3) is 3.82. The standard InChI is InChI=1S/C24H21N3O4/c1-30-16-6-4-5-15(11-16)24-18(23(29)17-7-2-3-8-20(17)31-24)12-22(28)25-21-13-19(26-27-21)14-9-10-14/h2-8,11,13-14H,9-10,12H2,1H3,(H2,25,26,27,28). The first kappa shape index (κ1) is 19.1. The van der Waals surface area contributed by atoms with Crippen molar-refractivity contribution in [2.45, 2.75) is 25.2 Å². The number of para-hydroxylation sites is 1. The molecule has 2 aromatic heterocycles. The van der Waals surface area contributed by atoms with Gasteiger partial charge in [0.1, 0.15) is 17.1 Å². The number of carbonyl (C=O) groups is 1. The maximum atomic E-state index is 13.3. The number of hydrogen-bond donors (Lipinski definition) is 2. The highest BCUT2D eigenvalue weighted by molar-refractivity contribution is 5.93. The predicted octanol–water partition coefficient (Wildman–Crippen LogP) is 4.25. The number of aromatic amines is 1. The number of methoxy groups -OCH3 is 1. The van der Waals surface area contributed by atoms with Crippen LogP contribution in [-0.4, -0.2) is 23.2 Å². The summed E-state index contributed by atoms with van der Waals surface area (Å²) in [7, 11) is 1.57. The van der Waals surface area contributed by atoms with E-state index in [-0.39, 0.29) is 17.8 Å². The van der Waals surface area contributed by atoms with Crippen molar-refractivity contribution in [2.24, 2.45) is 0 Å². The molecule has 0 bridgehead atoms. The summed E-state index contributed by atoms with van der Waals surface area (Å²) >= 11 is 0. The minimum absolute atomic E-state index is 0.134. The number of amides is 1. The first-order chi connectivity index (χ1) is 15.1. The smallest absolute Gasteiger partial charge is 0.230 e. The summed E-state index contributed by atoms with van der Waals surface area (Å²) in [5.74, 6) is 1.62. The average molecular weight is 415 g/mol. The van der Waals surface area contributed by atoms with Gasteiger partial charge in [0, 0.05) is 23.2 Å². The van der Waals surface area contributed by atoms with Gasteiger partial charge >= 0.3 is 0 Å². The third-order valence-corrected chi connectivity index (χ3v) is 5.44. The van der Waals surface area contributed by atoms with Crippen LogP contribution in [0.2, 0.25) is 0 Å². The molecular formula is C24H21N3O4. The van der Waals surface area contributed by atoms with Crippen LogP contribution in [0.4, 0.5) is 5.82 Å². The van der Waals surface area contributed by atoms with E-state index in [9.17, 15) is 9.59 Å². The Balaban J connectivity index is 1.52. The van der Waals surface area contributed by atoms with Gasteiger partial charge in [-0.25, -0.2) is 0 Å². The van der Waals surface area contributed by atoms with Crippen molar-refractivity contribution in [2.75, 3.05) is 12.4 Å². The maximum Gasteiger partial charge on any atom is 0.230 e. The number of aromatic nitrogens is 2. The van der Waals surface area contributed by atoms with E-state index in [0.29, 0.717) is 45.3 Å². The second-order valence-electron chi connectivity index (χ2n) is 7.67. The van der Waals surface area contributed by atoms with Crippen LogP contribution >= 0.6 is 0 Å². The van der Waals surface area contributed by atoms with Gasteiger partial charge < -0.3 is 14.5 Å².